The Morgan fingerprint density at radius 1 is 0.729 bits per heavy atom. The monoisotopic (exact) mass is 649 g/mol. The largest absolute Gasteiger partial charge is 0.534 e. The van der Waals surface area contributed by atoms with E-state index in [1.807, 2.05) is 42.5 Å². The molecule has 240 valence electrons. The quantitative estimate of drug-likeness (QED) is 0.116. The minimum atomic E-state index is -2.79. The SMILES string of the molecule is CC(C)(C)[Si](Oc1cccc(CC2CC(=O)OC2c2coc(-c3ccc(-c4ccccc4)cc3)n2)c1)(c1ccccc1)c1ccccc1. The zero-order valence-electron chi connectivity index (χ0n) is 27.5. The van der Waals surface area contributed by atoms with Gasteiger partial charge in [0.1, 0.15) is 17.7 Å². The summed E-state index contributed by atoms with van der Waals surface area (Å²) in [5.41, 5.74) is 4.86. The first-order valence-electron chi connectivity index (χ1n) is 16.5. The molecule has 1 aliphatic rings. The molecule has 0 bridgehead atoms. The summed E-state index contributed by atoms with van der Waals surface area (Å²) in [5.74, 6) is 1.03. The van der Waals surface area contributed by atoms with E-state index in [0.717, 1.165) is 28.0 Å². The molecule has 0 saturated carbocycles. The van der Waals surface area contributed by atoms with Gasteiger partial charge >= 0.3 is 14.3 Å². The van der Waals surface area contributed by atoms with Gasteiger partial charge in [-0.15, -0.1) is 0 Å². The van der Waals surface area contributed by atoms with Gasteiger partial charge in [0, 0.05) is 11.5 Å². The molecule has 2 heterocycles. The Labute approximate surface area is 283 Å². The zero-order valence-corrected chi connectivity index (χ0v) is 28.5. The summed E-state index contributed by atoms with van der Waals surface area (Å²) >= 11 is 0. The molecule has 2 atom stereocenters. The number of benzene rings is 5. The molecule has 0 spiro atoms. The van der Waals surface area contributed by atoms with E-state index in [9.17, 15) is 4.79 Å². The van der Waals surface area contributed by atoms with Crippen molar-refractivity contribution in [3.05, 3.63) is 157 Å². The first kappa shape index (κ1) is 31.4. The molecule has 0 N–H and O–H groups in total. The van der Waals surface area contributed by atoms with E-state index in [-0.39, 0.29) is 16.9 Å². The Bertz CT molecular complexity index is 1940. The molecule has 0 aliphatic carbocycles. The zero-order chi connectivity index (χ0) is 33.1. The number of carbonyl (C=O) groups excluding carboxylic acids is 1. The van der Waals surface area contributed by atoms with Gasteiger partial charge in [-0.25, -0.2) is 4.98 Å². The standard InChI is InChI=1S/C42H39NO4Si/c1-42(2,3)48(36-18-9-5-10-19-36,37-20-11-6-12-21-37)47-35-17-13-14-30(27-35)26-34-28-39(44)46-40(34)38-29-45-41(43-38)33-24-22-32(23-25-33)31-15-7-4-8-16-31/h4-25,27,29,34,40H,26,28H2,1-3H3. The Morgan fingerprint density at radius 3 is 1.94 bits per heavy atom. The molecule has 1 saturated heterocycles. The lowest BCUT2D eigenvalue weighted by atomic mass is 9.91. The molecule has 1 fully saturated rings. The van der Waals surface area contributed by atoms with Gasteiger partial charge in [-0.1, -0.05) is 136 Å². The highest BCUT2D eigenvalue weighted by atomic mass is 28.4. The first-order valence-corrected chi connectivity index (χ1v) is 18.4. The van der Waals surface area contributed by atoms with Crippen LogP contribution in [0, 0.1) is 5.92 Å². The van der Waals surface area contributed by atoms with E-state index in [2.05, 4.69) is 118 Å². The fourth-order valence-electron chi connectivity index (χ4n) is 6.94. The van der Waals surface area contributed by atoms with Crippen LogP contribution in [0.1, 0.15) is 44.6 Å². The van der Waals surface area contributed by atoms with Crippen molar-refractivity contribution >= 4 is 24.7 Å². The maximum atomic E-state index is 12.7. The molecular formula is C42H39NO4Si. The number of nitrogens with zero attached hydrogens (tertiary/aromatic N) is 1. The van der Waals surface area contributed by atoms with E-state index in [0.29, 0.717) is 24.4 Å². The molecular weight excluding hydrogens is 611 g/mol. The third-order valence-corrected chi connectivity index (χ3v) is 14.2. The summed E-state index contributed by atoms with van der Waals surface area (Å²) in [6.45, 7) is 6.83. The highest BCUT2D eigenvalue weighted by Crippen LogP contribution is 2.40. The maximum Gasteiger partial charge on any atom is 0.319 e. The van der Waals surface area contributed by atoms with Crippen molar-refractivity contribution in [2.45, 2.75) is 44.8 Å². The van der Waals surface area contributed by atoms with Crippen LogP contribution >= 0.6 is 0 Å². The fourth-order valence-corrected chi connectivity index (χ4v) is 11.3. The lowest BCUT2D eigenvalue weighted by Gasteiger charge is -2.43. The van der Waals surface area contributed by atoms with Crippen LogP contribution in [0.25, 0.3) is 22.6 Å². The predicted octanol–water partition coefficient (Wildman–Crippen LogP) is 8.79. The molecule has 48 heavy (non-hydrogen) atoms. The lowest BCUT2D eigenvalue weighted by Crippen LogP contribution is -2.68. The third kappa shape index (κ3) is 6.24. The van der Waals surface area contributed by atoms with Gasteiger partial charge in [0.05, 0.1) is 6.42 Å². The van der Waals surface area contributed by atoms with Crippen molar-refractivity contribution in [3.8, 4) is 28.3 Å². The van der Waals surface area contributed by atoms with Crippen LogP contribution in [0.2, 0.25) is 5.04 Å². The molecule has 6 aromatic rings. The van der Waals surface area contributed by atoms with Crippen LogP contribution in [0.3, 0.4) is 0 Å². The predicted molar refractivity (Wildman–Crippen MR) is 193 cm³/mol. The molecule has 7 rings (SSSR count). The van der Waals surface area contributed by atoms with Crippen molar-refractivity contribution in [1.82, 2.24) is 4.98 Å². The van der Waals surface area contributed by atoms with Crippen LogP contribution in [-0.4, -0.2) is 19.3 Å². The van der Waals surface area contributed by atoms with Crippen LogP contribution in [0.5, 0.6) is 5.75 Å². The molecule has 6 heteroatoms. The summed E-state index contributed by atoms with van der Waals surface area (Å²) in [6.07, 6.45) is 2.10. The van der Waals surface area contributed by atoms with Gasteiger partial charge in [0.15, 0.2) is 6.10 Å². The second kappa shape index (κ2) is 13.1. The van der Waals surface area contributed by atoms with Gasteiger partial charge in [0.25, 0.3) is 0 Å². The Hall–Kier alpha value is -5.20. The van der Waals surface area contributed by atoms with Crippen LogP contribution in [-0.2, 0) is 16.0 Å². The van der Waals surface area contributed by atoms with Crippen molar-refractivity contribution in [3.63, 3.8) is 0 Å². The normalized spacial score (nSPS) is 16.4. The van der Waals surface area contributed by atoms with Crippen LogP contribution < -0.4 is 14.8 Å². The number of cyclic esters (lactones) is 1. The molecule has 5 nitrogen and oxygen atoms in total. The first-order chi connectivity index (χ1) is 23.3. The maximum absolute atomic E-state index is 12.7. The lowest BCUT2D eigenvalue weighted by molar-refractivity contribution is -0.141. The van der Waals surface area contributed by atoms with Gasteiger partial charge in [-0.2, -0.15) is 0 Å². The van der Waals surface area contributed by atoms with Gasteiger partial charge in [-0.05, 0) is 62.8 Å². The Balaban J connectivity index is 1.14. The van der Waals surface area contributed by atoms with E-state index < -0.39 is 14.4 Å². The summed E-state index contributed by atoms with van der Waals surface area (Å²) in [7, 11) is -2.79. The topological polar surface area (TPSA) is 61.6 Å². The molecule has 5 aromatic carbocycles. The summed E-state index contributed by atoms with van der Waals surface area (Å²) in [4.78, 5) is 17.4. The highest BCUT2D eigenvalue weighted by molar-refractivity contribution is 7.00. The van der Waals surface area contributed by atoms with Crippen LogP contribution in [0.15, 0.2) is 150 Å². The second-order valence-corrected chi connectivity index (χ2v) is 17.7. The van der Waals surface area contributed by atoms with Crippen molar-refractivity contribution < 1.29 is 18.4 Å². The van der Waals surface area contributed by atoms with Gasteiger partial charge in [-0.3, -0.25) is 4.79 Å². The summed E-state index contributed by atoms with van der Waals surface area (Å²) < 4.78 is 19.0. The van der Waals surface area contributed by atoms with Crippen molar-refractivity contribution in [2.24, 2.45) is 5.92 Å². The molecule has 0 radical (unpaired) electrons. The van der Waals surface area contributed by atoms with E-state index in [1.54, 1.807) is 6.26 Å². The molecule has 0 amide bonds. The number of hydrogen-bond donors (Lipinski definition) is 0. The Kier molecular flexibility index (Phi) is 8.59. The van der Waals surface area contributed by atoms with Gasteiger partial charge in [0.2, 0.25) is 5.89 Å². The Morgan fingerprint density at radius 2 is 1.31 bits per heavy atom. The number of ether oxygens (including phenoxy) is 1. The number of esters is 1. The number of aromatic nitrogens is 1. The second-order valence-electron chi connectivity index (χ2n) is 13.5. The summed E-state index contributed by atoms with van der Waals surface area (Å²) in [6, 6.07) is 48.0. The average Bonchev–Trinajstić information content (AvgIpc) is 3.74. The number of carbonyl (C=O) groups is 1. The van der Waals surface area contributed by atoms with E-state index >= 15 is 0 Å². The van der Waals surface area contributed by atoms with Crippen molar-refractivity contribution in [2.75, 3.05) is 0 Å². The molecule has 2 unspecified atom stereocenters. The van der Waals surface area contributed by atoms with Gasteiger partial charge < -0.3 is 13.6 Å². The molecule has 1 aliphatic heterocycles. The fraction of sp³-hybridized carbons (Fsp3) is 0.190. The van der Waals surface area contributed by atoms with E-state index in [4.69, 9.17) is 18.6 Å². The highest BCUT2D eigenvalue weighted by Gasteiger charge is 2.52. The number of rotatable bonds is 9. The minimum absolute atomic E-state index is 0.0842. The van der Waals surface area contributed by atoms with E-state index in [1.165, 1.54) is 10.4 Å². The summed E-state index contributed by atoms with van der Waals surface area (Å²) in [5, 5.41) is 2.29. The number of hydrogen-bond acceptors (Lipinski definition) is 5. The number of oxazole rings is 1. The van der Waals surface area contributed by atoms with Crippen LogP contribution in [0.4, 0.5) is 0 Å². The average molecular weight is 650 g/mol. The molecule has 1 aromatic heterocycles. The van der Waals surface area contributed by atoms with Crippen molar-refractivity contribution in [1.29, 1.82) is 0 Å². The third-order valence-electron chi connectivity index (χ3n) is 9.25. The minimum Gasteiger partial charge on any atom is -0.534 e. The smallest absolute Gasteiger partial charge is 0.319 e.